The Bertz CT molecular complexity index is 1210. The van der Waals surface area contributed by atoms with Crippen molar-refractivity contribution >= 4 is 58.0 Å². The van der Waals surface area contributed by atoms with Crippen LogP contribution in [0.25, 0.3) is 6.08 Å². The summed E-state index contributed by atoms with van der Waals surface area (Å²) in [5.41, 5.74) is 0.497. The molecule has 1 amide bonds. The lowest BCUT2D eigenvalue weighted by Gasteiger charge is -2.35. The molecule has 0 aliphatic carbocycles. The maximum Gasteiger partial charge on any atom is 0.323 e. The fourth-order valence-electron chi connectivity index (χ4n) is 4.27. The van der Waals surface area contributed by atoms with Crippen LogP contribution in [-0.4, -0.2) is 63.0 Å². The summed E-state index contributed by atoms with van der Waals surface area (Å²) in [4.78, 5) is 52.5. The first kappa shape index (κ1) is 26.4. The molecule has 0 atom stereocenters. The van der Waals surface area contributed by atoms with E-state index < -0.39 is 24.0 Å². The largest absolute Gasteiger partial charge is 0.480 e. The average Bonchev–Trinajstić information content (AvgIpc) is 3.08. The standard InChI is InChI=1S/C23H26N4O6S2/c1-4-26-19(25-8-6-14(7-9-25)22(32)33-5-2)15(13(3)16(11-24)20(26)30)10-17-21(31)27(12-18(28)29)23(34)35-17/h10,14H,4-9,12H2,1-3H3,(H,28,29)/b17-10+. The molecule has 1 aromatic heterocycles. The van der Waals surface area contributed by atoms with Gasteiger partial charge < -0.3 is 14.7 Å². The van der Waals surface area contributed by atoms with Crippen molar-refractivity contribution in [3.05, 3.63) is 31.9 Å². The van der Waals surface area contributed by atoms with Gasteiger partial charge in [0.15, 0.2) is 0 Å². The first-order valence-electron chi connectivity index (χ1n) is 11.2. The van der Waals surface area contributed by atoms with Gasteiger partial charge in [0.05, 0.1) is 17.4 Å². The number of carbonyl (C=O) groups is 3. The van der Waals surface area contributed by atoms with Crippen molar-refractivity contribution < 1.29 is 24.2 Å². The molecular formula is C23H26N4O6S2. The summed E-state index contributed by atoms with van der Waals surface area (Å²) in [7, 11) is 0. The van der Waals surface area contributed by atoms with Gasteiger partial charge in [-0.3, -0.25) is 28.6 Å². The van der Waals surface area contributed by atoms with Crippen molar-refractivity contribution in [2.75, 3.05) is 31.1 Å². The zero-order valence-corrected chi connectivity index (χ0v) is 21.3. The van der Waals surface area contributed by atoms with Crippen molar-refractivity contribution in [2.24, 2.45) is 5.92 Å². The molecule has 12 heteroatoms. The molecule has 3 heterocycles. The van der Waals surface area contributed by atoms with Crippen molar-refractivity contribution in [1.82, 2.24) is 9.47 Å². The Balaban J connectivity index is 2.09. The molecule has 2 fully saturated rings. The molecule has 0 saturated carbocycles. The summed E-state index contributed by atoms with van der Waals surface area (Å²) < 4.78 is 6.78. The maximum absolute atomic E-state index is 13.1. The third-order valence-corrected chi connectivity index (χ3v) is 7.40. The van der Waals surface area contributed by atoms with Crippen molar-refractivity contribution in [1.29, 1.82) is 5.26 Å². The Morgan fingerprint density at radius 2 is 1.94 bits per heavy atom. The number of ether oxygens (including phenoxy) is 1. The second-order valence-electron chi connectivity index (χ2n) is 8.07. The number of carboxylic acid groups (broad SMARTS) is 1. The summed E-state index contributed by atoms with van der Waals surface area (Å²) in [6, 6.07) is 1.98. The molecular weight excluding hydrogens is 492 g/mol. The number of nitriles is 1. The van der Waals surface area contributed by atoms with Gasteiger partial charge in [0.2, 0.25) is 0 Å². The molecule has 0 unspecified atom stereocenters. The lowest BCUT2D eigenvalue weighted by molar-refractivity contribution is -0.148. The topological polar surface area (TPSA) is 133 Å². The summed E-state index contributed by atoms with van der Waals surface area (Å²) in [5, 5.41) is 18.8. The van der Waals surface area contributed by atoms with Crippen LogP contribution >= 0.6 is 24.0 Å². The van der Waals surface area contributed by atoms with E-state index in [0.29, 0.717) is 56.0 Å². The number of pyridine rings is 1. The van der Waals surface area contributed by atoms with Crippen molar-refractivity contribution in [3.8, 4) is 6.07 Å². The summed E-state index contributed by atoms with van der Waals surface area (Å²) in [6.07, 6.45) is 2.65. The van der Waals surface area contributed by atoms with Crippen LogP contribution in [0, 0.1) is 24.2 Å². The SMILES string of the molecule is CCOC(=O)C1CCN(c2c(/C=C3/SC(=S)N(CC(=O)O)C3=O)c(C)c(C#N)c(=O)n2CC)CC1. The van der Waals surface area contributed by atoms with E-state index in [2.05, 4.69) is 0 Å². The zero-order valence-electron chi connectivity index (χ0n) is 19.7. The van der Waals surface area contributed by atoms with E-state index in [0.717, 1.165) is 16.7 Å². The number of thioether (sulfide) groups is 1. The van der Waals surface area contributed by atoms with Crippen LogP contribution < -0.4 is 10.5 Å². The predicted octanol–water partition coefficient (Wildman–Crippen LogP) is 2.11. The minimum atomic E-state index is -1.19. The molecule has 0 bridgehead atoms. The molecule has 1 N–H and O–H groups in total. The zero-order chi connectivity index (χ0) is 25.9. The van der Waals surface area contributed by atoms with E-state index in [1.165, 1.54) is 4.57 Å². The minimum absolute atomic E-state index is 0.0238. The summed E-state index contributed by atoms with van der Waals surface area (Å²) in [5.74, 6) is -1.64. The molecule has 1 aromatic rings. The molecule has 2 saturated heterocycles. The first-order chi connectivity index (χ1) is 16.6. The highest BCUT2D eigenvalue weighted by Gasteiger charge is 2.35. The fourth-order valence-corrected chi connectivity index (χ4v) is 5.50. The first-order valence-corrected chi connectivity index (χ1v) is 12.4. The van der Waals surface area contributed by atoms with Crippen LogP contribution in [-0.2, 0) is 25.7 Å². The number of hydrogen-bond acceptors (Lipinski definition) is 9. The van der Waals surface area contributed by atoms with Gasteiger partial charge in [-0.15, -0.1) is 0 Å². The van der Waals surface area contributed by atoms with Crippen LogP contribution in [0.2, 0.25) is 0 Å². The molecule has 2 aliphatic rings. The fraction of sp³-hybridized carbons (Fsp3) is 0.478. The van der Waals surface area contributed by atoms with Gasteiger partial charge in [-0.1, -0.05) is 24.0 Å². The number of aliphatic carboxylic acids is 1. The number of amides is 1. The van der Waals surface area contributed by atoms with Crippen molar-refractivity contribution in [2.45, 2.75) is 40.2 Å². The number of rotatable bonds is 7. The highest BCUT2D eigenvalue weighted by molar-refractivity contribution is 8.26. The van der Waals surface area contributed by atoms with Crippen LogP contribution in [0.4, 0.5) is 5.82 Å². The van der Waals surface area contributed by atoms with E-state index in [1.807, 2.05) is 11.0 Å². The molecule has 186 valence electrons. The van der Waals surface area contributed by atoms with Crippen LogP contribution in [0.5, 0.6) is 0 Å². The second-order valence-corrected chi connectivity index (χ2v) is 9.75. The van der Waals surface area contributed by atoms with Crippen LogP contribution in [0.3, 0.4) is 0 Å². The van der Waals surface area contributed by atoms with Crippen molar-refractivity contribution in [3.63, 3.8) is 0 Å². The maximum atomic E-state index is 13.1. The molecule has 0 spiro atoms. The number of esters is 1. The lowest BCUT2D eigenvalue weighted by atomic mass is 9.95. The molecule has 35 heavy (non-hydrogen) atoms. The van der Waals surface area contributed by atoms with Gasteiger partial charge in [0.25, 0.3) is 11.5 Å². The molecule has 10 nitrogen and oxygen atoms in total. The lowest BCUT2D eigenvalue weighted by Crippen LogP contribution is -2.41. The highest BCUT2D eigenvalue weighted by Crippen LogP contribution is 2.36. The molecule has 0 aromatic carbocycles. The van der Waals surface area contributed by atoms with E-state index in [4.69, 9.17) is 22.1 Å². The monoisotopic (exact) mass is 518 g/mol. The van der Waals surface area contributed by atoms with Gasteiger partial charge in [-0.2, -0.15) is 5.26 Å². The van der Waals surface area contributed by atoms with E-state index in [1.54, 1.807) is 26.8 Å². The third kappa shape index (κ3) is 5.26. The Hall–Kier alpha value is -3.17. The highest BCUT2D eigenvalue weighted by atomic mass is 32.2. The third-order valence-electron chi connectivity index (χ3n) is 6.02. The molecule has 3 rings (SSSR count). The normalized spacial score (nSPS) is 17.7. The number of piperidine rings is 1. The number of hydrogen-bond donors (Lipinski definition) is 1. The summed E-state index contributed by atoms with van der Waals surface area (Å²) in [6.45, 7) is 6.23. The number of nitrogens with zero attached hydrogens (tertiary/aromatic N) is 4. The number of aromatic nitrogens is 1. The van der Waals surface area contributed by atoms with E-state index in [-0.39, 0.29) is 26.7 Å². The van der Waals surface area contributed by atoms with Crippen LogP contribution in [0.1, 0.15) is 43.4 Å². The van der Waals surface area contributed by atoms with Gasteiger partial charge >= 0.3 is 11.9 Å². The smallest absolute Gasteiger partial charge is 0.323 e. The van der Waals surface area contributed by atoms with Gasteiger partial charge in [0, 0.05) is 25.2 Å². The molecule has 0 radical (unpaired) electrons. The Morgan fingerprint density at radius 3 is 2.49 bits per heavy atom. The van der Waals surface area contributed by atoms with Gasteiger partial charge in [-0.05, 0) is 45.3 Å². The predicted molar refractivity (Wildman–Crippen MR) is 135 cm³/mol. The van der Waals surface area contributed by atoms with Gasteiger partial charge in [0.1, 0.15) is 28.3 Å². The number of thiocarbonyl (C=S) groups is 1. The average molecular weight is 519 g/mol. The Morgan fingerprint density at radius 1 is 1.29 bits per heavy atom. The Kier molecular flexibility index (Phi) is 8.34. The number of carboxylic acids is 1. The van der Waals surface area contributed by atoms with E-state index in [9.17, 15) is 24.4 Å². The van der Waals surface area contributed by atoms with E-state index >= 15 is 0 Å². The Labute approximate surface area is 212 Å². The second kappa shape index (κ2) is 11.0. The molecule has 2 aliphatic heterocycles. The number of carbonyl (C=O) groups excluding carboxylic acids is 2. The summed E-state index contributed by atoms with van der Waals surface area (Å²) >= 11 is 6.18. The quantitative estimate of drug-likeness (QED) is 0.325. The minimum Gasteiger partial charge on any atom is -0.480 e. The van der Waals surface area contributed by atoms with Crippen LogP contribution in [0.15, 0.2) is 9.70 Å². The number of anilines is 1. The van der Waals surface area contributed by atoms with Gasteiger partial charge in [-0.25, -0.2) is 0 Å².